The van der Waals surface area contributed by atoms with Crippen LogP contribution >= 0.6 is 0 Å². The van der Waals surface area contributed by atoms with Crippen LogP contribution in [0.1, 0.15) is 77.1 Å². The molecule has 4 bridgehead atoms. The number of cyclic esters (lactones) is 1. The number of nitrogens with one attached hydrogen (secondary N) is 3. The summed E-state index contributed by atoms with van der Waals surface area (Å²) in [6.45, 7) is 9.58. The zero-order valence-electron chi connectivity index (χ0n) is 26.8. The van der Waals surface area contributed by atoms with Gasteiger partial charge in [-0.05, 0) is 62.5 Å². The molecule has 1 aromatic heterocycles. The lowest BCUT2D eigenvalue weighted by Crippen LogP contribution is -2.60. The number of sulfonamides is 1. The fraction of sp³-hybridized carbons (Fsp3) is 0.656. The van der Waals surface area contributed by atoms with Crippen molar-refractivity contribution in [3.8, 4) is 0 Å². The molecular formula is C32H45N5O8S. The number of aromatic nitrogens is 1. The molecule has 5 atom stereocenters. The third kappa shape index (κ3) is 7.71. The van der Waals surface area contributed by atoms with Crippen molar-refractivity contribution in [3.05, 3.63) is 42.2 Å². The predicted octanol–water partition coefficient (Wildman–Crippen LogP) is 2.10. The maximum absolute atomic E-state index is 14.2. The smallest absolute Gasteiger partial charge is 0.407 e. The molecule has 3 heterocycles. The first kappa shape index (κ1) is 33.8. The molecule has 4 aliphatic rings. The van der Waals surface area contributed by atoms with E-state index in [4.69, 9.17) is 14.5 Å². The largest absolute Gasteiger partial charge is 0.450 e. The Hall–Kier alpha value is -3.52. The highest BCUT2D eigenvalue weighted by molar-refractivity contribution is 7.91. The van der Waals surface area contributed by atoms with Gasteiger partial charge in [-0.25, -0.2) is 13.2 Å². The number of fused-ring (bicyclic) bond motifs is 4. The van der Waals surface area contributed by atoms with Gasteiger partial charge in [-0.3, -0.25) is 24.1 Å². The van der Waals surface area contributed by atoms with E-state index in [9.17, 15) is 27.6 Å². The van der Waals surface area contributed by atoms with Crippen LogP contribution in [0.4, 0.5) is 4.79 Å². The summed E-state index contributed by atoms with van der Waals surface area (Å²) in [5.74, 6) is -2.42. The lowest BCUT2D eigenvalue weighted by atomic mass is 9.85. The quantitative estimate of drug-likeness (QED) is 0.387. The molecule has 14 heteroatoms. The third-order valence-corrected chi connectivity index (χ3v) is 10.9. The number of hydrogen-bond donors (Lipinski definition) is 3. The first-order valence-corrected chi connectivity index (χ1v) is 17.6. The number of alkyl carbamates (subject to hydrolysis) is 1. The summed E-state index contributed by atoms with van der Waals surface area (Å²) in [7, 11) is -3.86. The molecule has 0 radical (unpaired) electrons. The van der Waals surface area contributed by atoms with Crippen LogP contribution in [0.3, 0.4) is 0 Å². The van der Waals surface area contributed by atoms with Crippen LogP contribution in [-0.4, -0.2) is 84.2 Å². The second-order valence-electron chi connectivity index (χ2n) is 13.9. The van der Waals surface area contributed by atoms with E-state index in [1.807, 2.05) is 18.2 Å². The fourth-order valence-corrected chi connectivity index (χ4v) is 7.47. The number of aryl methyl sites for hydroxylation is 1. The maximum atomic E-state index is 14.2. The zero-order chi connectivity index (χ0) is 33.3. The van der Waals surface area contributed by atoms with E-state index in [0.29, 0.717) is 19.3 Å². The Morgan fingerprint density at radius 1 is 1.15 bits per heavy atom. The molecule has 2 saturated carbocycles. The first-order valence-electron chi connectivity index (χ1n) is 16.0. The van der Waals surface area contributed by atoms with Crippen LogP contribution in [0.5, 0.6) is 0 Å². The molecule has 0 unspecified atom stereocenters. The molecule has 252 valence electrons. The fourth-order valence-electron chi connectivity index (χ4n) is 6.11. The minimum Gasteiger partial charge on any atom is -0.450 e. The van der Waals surface area contributed by atoms with Crippen molar-refractivity contribution in [1.29, 1.82) is 0 Å². The van der Waals surface area contributed by atoms with Crippen molar-refractivity contribution < 1.29 is 37.1 Å². The summed E-state index contributed by atoms with van der Waals surface area (Å²) in [5.41, 5.74) is -0.602. The normalized spacial score (nSPS) is 29.4. The number of rotatable bonds is 6. The number of nitrogens with zero attached hydrogens (tertiary/aromatic N) is 2. The molecule has 0 spiro atoms. The van der Waals surface area contributed by atoms with Crippen molar-refractivity contribution in [2.45, 2.75) is 108 Å². The van der Waals surface area contributed by atoms with Gasteiger partial charge < -0.3 is 25.0 Å². The van der Waals surface area contributed by atoms with Crippen molar-refractivity contribution in [3.63, 3.8) is 0 Å². The molecule has 0 aromatic carbocycles. The summed E-state index contributed by atoms with van der Waals surface area (Å²) in [6.07, 6.45) is 4.61. The molecule has 1 saturated heterocycles. The Balaban J connectivity index is 1.40. The minimum atomic E-state index is -3.86. The van der Waals surface area contributed by atoms with Crippen LogP contribution in [-0.2, 0) is 46.9 Å². The maximum Gasteiger partial charge on any atom is 0.407 e. The molecule has 2 aliphatic carbocycles. The van der Waals surface area contributed by atoms with Crippen LogP contribution in [0, 0.1) is 11.3 Å². The van der Waals surface area contributed by atoms with E-state index in [1.165, 1.54) is 11.0 Å². The number of hydrogen-bond acceptors (Lipinski definition) is 9. The van der Waals surface area contributed by atoms with Gasteiger partial charge in [0.2, 0.25) is 21.8 Å². The van der Waals surface area contributed by atoms with Gasteiger partial charge in [0.05, 0.1) is 30.3 Å². The molecule has 2 aliphatic heterocycles. The molecular weight excluding hydrogens is 614 g/mol. The van der Waals surface area contributed by atoms with Crippen molar-refractivity contribution in [2.75, 3.05) is 13.2 Å². The van der Waals surface area contributed by atoms with Crippen molar-refractivity contribution in [2.24, 2.45) is 11.3 Å². The van der Waals surface area contributed by atoms with E-state index in [0.717, 1.165) is 30.7 Å². The highest BCUT2D eigenvalue weighted by atomic mass is 32.2. The van der Waals surface area contributed by atoms with E-state index in [-0.39, 0.29) is 32.6 Å². The van der Waals surface area contributed by atoms with Crippen LogP contribution in [0.15, 0.2) is 30.9 Å². The third-order valence-electron chi connectivity index (χ3n) is 9.11. The second kappa shape index (κ2) is 13.3. The molecule has 46 heavy (non-hydrogen) atoms. The Morgan fingerprint density at radius 2 is 1.89 bits per heavy atom. The molecule has 13 nitrogen and oxygen atoms in total. The number of pyridine rings is 1. The van der Waals surface area contributed by atoms with Gasteiger partial charge in [-0.1, -0.05) is 32.9 Å². The van der Waals surface area contributed by atoms with Crippen molar-refractivity contribution >= 4 is 33.8 Å². The molecule has 4 amide bonds. The molecule has 5 rings (SSSR count). The first-order chi connectivity index (χ1) is 21.7. The topological polar surface area (TPSA) is 173 Å². The predicted molar refractivity (Wildman–Crippen MR) is 167 cm³/mol. The highest BCUT2D eigenvalue weighted by Gasteiger charge is 2.62. The van der Waals surface area contributed by atoms with E-state index < -0.39 is 74.1 Å². The van der Waals surface area contributed by atoms with E-state index >= 15 is 0 Å². The van der Waals surface area contributed by atoms with E-state index in [2.05, 4.69) is 21.9 Å². The number of ether oxygens (including phenoxy) is 2. The van der Waals surface area contributed by atoms with E-state index in [1.54, 1.807) is 20.8 Å². The Kier molecular flexibility index (Phi) is 9.78. The van der Waals surface area contributed by atoms with Gasteiger partial charge in [0.15, 0.2) is 0 Å². The Bertz CT molecular complexity index is 1470. The van der Waals surface area contributed by atoms with Crippen LogP contribution in [0.2, 0.25) is 0 Å². The van der Waals surface area contributed by atoms with Gasteiger partial charge >= 0.3 is 6.09 Å². The Labute approximate surface area is 270 Å². The van der Waals surface area contributed by atoms with Crippen LogP contribution < -0.4 is 15.4 Å². The summed E-state index contributed by atoms with van der Waals surface area (Å²) < 4.78 is 38.9. The summed E-state index contributed by atoms with van der Waals surface area (Å²) in [4.78, 5) is 60.4. The van der Waals surface area contributed by atoms with Gasteiger partial charge in [-0.15, -0.1) is 6.58 Å². The standard InChI is InChI=1S/C32H45N5O8S/c1-5-20-17-32(20,29(40)36-46(42,43)24-13-14-24)35-27(38)25-16-23-18-37(25)28(39)26(31(2,3)4)34-30(41)44-15-8-6-7-10-21-11-9-12-22(33-21)19-45-23/h5,9,11-12,20,23-26H,1,6-8,10,13-19H2,2-4H3,(H,34,41)(H,35,38)(H,36,40)/t20-,23-,25+,26-,32-/m1/s1. The zero-order valence-corrected chi connectivity index (χ0v) is 27.6. The summed E-state index contributed by atoms with van der Waals surface area (Å²) in [6, 6.07) is 3.64. The minimum absolute atomic E-state index is 0.0556. The second-order valence-corrected chi connectivity index (χ2v) is 15.8. The average molecular weight is 660 g/mol. The Morgan fingerprint density at radius 3 is 2.57 bits per heavy atom. The van der Waals surface area contributed by atoms with Gasteiger partial charge in [0.25, 0.3) is 5.91 Å². The average Bonchev–Trinajstić information content (AvgIpc) is 3.92. The van der Waals surface area contributed by atoms with Crippen LogP contribution in [0.25, 0.3) is 0 Å². The number of carbonyl (C=O) groups excluding carboxylic acids is 4. The summed E-state index contributed by atoms with van der Waals surface area (Å²) >= 11 is 0. The molecule has 3 N–H and O–H groups in total. The lowest BCUT2D eigenvalue weighted by Gasteiger charge is -2.35. The summed E-state index contributed by atoms with van der Waals surface area (Å²) in [5, 5.41) is 4.88. The SMILES string of the molecule is C=C[C@@H]1C[C@]1(NC(=O)[C@@H]1C[C@@H]2CN1C(=O)[C@H](C(C)(C)C)NC(=O)OCCCCCc1cccc(n1)CO2)C(=O)NS(=O)(=O)C1CC1. The molecule has 1 aromatic rings. The van der Waals surface area contributed by atoms with Crippen molar-refractivity contribution in [1.82, 2.24) is 25.2 Å². The number of carbonyl (C=O) groups is 4. The van der Waals surface area contributed by atoms with Gasteiger partial charge in [0, 0.05) is 24.6 Å². The number of amides is 4. The highest BCUT2D eigenvalue weighted by Crippen LogP contribution is 2.45. The lowest BCUT2D eigenvalue weighted by molar-refractivity contribution is -0.143. The monoisotopic (exact) mass is 659 g/mol. The molecule has 3 fully saturated rings. The van der Waals surface area contributed by atoms with Gasteiger partial charge in [-0.2, -0.15) is 0 Å². The van der Waals surface area contributed by atoms with Gasteiger partial charge in [0.1, 0.15) is 17.6 Å².